The molecule has 1 amide bonds. The van der Waals surface area contributed by atoms with Crippen molar-refractivity contribution >= 4 is 28.7 Å². The standard InChI is InChI=1S/C16H11NO3/c18-15-14(11-8-4-5-9-12(11)17-15)13(16(19)20)10-6-2-1-3-7-10/h1-9H,(H,17,18)(H,19,20). The predicted molar refractivity (Wildman–Crippen MR) is 76.0 cm³/mol. The van der Waals surface area contributed by atoms with Gasteiger partial charge in [0.05, 0.1) is 11.1 Å². The maximum absolute atomic E-state index is 12.1. The molecule has 1 aliphatic rings. The molecule has 1 aliphatic heterocycles. The molecule has 2 aromatic carbocycles. The average Bonchev–Trinajstić information content (AvgIpc) is 2.77. The highest BCUT2D eigenvalue weighted by molar-refractivity contribution is 6.44. The van der Waals surface area contributed by atoms with Gasteiger partial charge in [0, 0.05) is 11.3 Å². The lowest BCUT2D eigenvalue weighted by Crippen LogP contribution is -2.10. The van der Waals surface area contributed by atoms with Crippen molar-refractivity contribution in [2.24, 2.45) is 0 Å². The molecule has 0 radical (unpaired) electrons. The summed E-state index contributed by atoms with van der Waals surface area (Å²) in [4.78, 5) is 23.7. The Balaban J connectivity index is 2.30. The molecular formula is C16H11NO3. The molecule has 2 aromatic rings. The van der Waals surface area contributed by atoms with Crippen LogP contribution in [-0.2, 0) is 9.59 Å². The summed E-state index contributed by atoms with van der Waals surface area (Å²) in [5, 5.41) is 12.2. The van der Waals surface area contributed by atoms with Gasteiger partial charge in [-0.2, -0.15) is 0 Å². The van der Waals surface area contributed by atoms with E-state index < -0.39 is 5.97 Å². The molecule has 0 fully saturated rings. The van der Waals surface area contributed by atoms with Gasteiger partial charge < -0.3 is 10.4 Å². The van der Waals surface area contributed by atoms with Gasteiger partial charge in [-0.3, -0.25) is 4.79 Å². The predicted octanol–water partition coefficient (Wildman–Crippen LogP) is 2.63. The quantitative estimate of drug-likeness (QED) is 0.820. The number of nitrogens with one attached hydrogen (secondary N) is 1. The Morgan fingerprint density at radius 3 is 2.30 bits per heavy atom. The lowest BCUT2D eigenvalue weighted by atomic mass is 9.95. The SMILES string of the molecule is O=C(O)C(=C1C(=O)Nc2ccccc21)c1ccccc1. The van der Waals surface area contributed by atoms with Gasteiger partial charge in [0.1, 0.15) is 0 Å². The third-order valence-corrected chi connectivity index (χ3v) is 3.20. The molecule has 4 nitrogen and oxygen atoms in total. The van der Waals surface area contributed by atoms with Gasteiger partial charge >= 0.3 is 5.97 Å². The number of hydrogen-bond donors (Lipinski definition) is 2. The molecule has 0 aromatic heterocycles. The van der Waals surface area contributed by atoms with Gasteiger partial charge in [-0.15, -0.1) is 0 Å². The smallest absolute Gasteiger partial charge is 0.337 e. The van der Waals surface area contributed by atoms with Gasteiger partial charge in [0.15, 0.2) is 0 Å². The number of para-hydroxylation sites is 1. The lowest BCUT2D eigenvalue weighted by Gasteiger charge is -2.06. The number of hydrogen-bond acceptors (Lipinski definition) is 2. The molecule has 4 heteroatoms. The van der Waals surface area contributed by atoms with Gasteiger partial charge in [0.25, 0.3) is 5.91 Å². The van der Waals surface area contributed by atoms with E-state index in [4.69, 9.17) is 0 Å². The summed E-state index contributed by atoms with van der Waals surface area (Å²) in [5.74, 6) is -1.49. The highest BCUT2D eigenvalue weighted by Crippen LogP contribution is 2.36. The Kier molecular flexibility index (Phi) is 2.84. The molecule has 0 spiro atoms. The third kappa shape index (κ3) is 1.87. The number of carbonyl (C=O) groups excluding carboxylic acids is 1. The summed E-state index contributed by atoms with van der Waals surface area (Å²) >= 11 is 0. The van der Waals surface area contributed by atoms with Crippen LogP contribution in [0.1, 0.15) is 11.1 Å². The zero-order chi connectivity index (χ0) is 14.1. The highest BCUT2D eigenvalue weighted by Gasteiger charge is 2.30. The molecule has 2 N–H and O–H groups in total. The number of anilines is 1. The Hall–Kier alpha value is -2.88. The summed E-state index contributed by atoms with van der Waals surface area (Å²) in [6.45, 7) is 0. The number of rotatable bonds is 2. The third-order valence-electron chi connectivity index (χ3n) is 3.20. The van der Waals surface area contributed by atoms with Crippen molar-refractivity contribution in [3.63, 3.8) is 0 Å². The topological polar surface area (TPSA) is 66.4 Å². The zero-order valence-corrected chi connectivity index (χ0v) is 10.5. The fraction of sp³-hybridized carbons (Fsp3) is 0. The molecule has 0 saturated heterocycles. The Labute approximate surface area is 115 Å². The van der Waals surface area contributed by atoms with Crippen molar-refractivity contribution in [1.29, 1.82) is 0 Å². The van der Waals surface area contributed by atoms with Crippen LogP contribution in [0.25, 0.3) is 11.1 Å². The van der Waals surface area contributed by atoms with E-state index in [0.717, 1.165) is 0 Å². The molecular weight excluding hydrogens is 254 g/mol. The van der Waals surface area contributed by atoms with E-state index in [2.05, 4.69) is 5.32 Å². The minimum atomic E-state index is -1.11. The first kappa shape index (κ1) is 12.2. The summed E-state index contributed by atoms with van der Waals surface area (Å²) in [6, 6.07) is 15.7. The Bertz CT molecular complexity index is 732. The number of carbonyl (C=O) groups is 2. The molecule has 0 bridgehead atoms. The summed E-state index contributed by atoms with van der Waals surface area (Å²) in [5.41, 5.74) is 2.01. The molecule has 1 heterocycles. The second-order valence-electron chi connectivity index (χ2n) is 4.42. The summed E-state index contributed by atoms with van der Waals surface area (Å²) in [7, 11) is 0. The number of benzene rings is 2. The van der Waals surface area contributed by atoms with Gasteiger partial charge in [-0.05, 0) is 11.6 Å². The number of amides is 1. The molecule has 0 atom stereocenters. The van der Waals surface area contributed by atoms with E-state index in [1.54, 1.807) is 54.6 Å². The van der Waals surface area contributed by atoms with E-state index in [0.29, 0.717) is 16.8 Å². The van der Waals surface area contributed by atoms with Gasteiger partial charge in [-0.1, -0.05) is 48.5 Å². The van der Waals surface area contributed by atoms with Gasteiger partial charge in [0.2, 0.25) is 0 Å². The van der Waals surface area contributed by atoms with Crippen molar-refractivity contribution in [3.05, 3.63) is 65.7 Å². The minimum Gasteiger partial charge on any atom is -0.478 e. The van der Waals surface area contributed by atoms with Crippen LogP contribution in [0, 0.1) is 0 Å². The monoisotopic (exact) mass is 265 g/mol. The first-order valence-electron chi connectivity index (χ1n) is 6.12. The largest absolute Gasteiger partial charge is 0.478 e. The minimum absolute atomic E-state index is 0.0213. The average molecular weight is 265 g/mol. The maximum Gasteiger partial charge on any atom is 0.337 e. The zero-order valence-electron chi connectivity index (χ0n) is 10.5. The normalized spacial score (nSPS) is 15.5. The van der Waals surface area contributed by atoms with Crippen molar-refractivity contribution in [1.82, 2.24) is 0 Å². The van der Waals surface area contributed by atoms with Crippen molar-refractivity contribution in [2.45, 2.75) is 0 Å². The van der Waals surface area contributed by atoms with Crippen LogP contribution in [0.15, 0.2) is 54.6 Å². The molecule has 3 rings (SSSR count). The molecule has 20 heavy (non-hydrogen) atoms. The van der Waals surface area contributed by atoms with E-state index >= 15 is 0 Å². The fourth-order valence-corrected chi connectivity index (χ4v) is 2.35. The highest BCUT2D eigenvalue weighted by atomic mass is 16.4. The van der Waals surface area contributed by atoms with Crippen LogP contribution < -0.4 is 5.32 Å². The number of aliphatic carboxylic acids is 1. The molecule has 0 unspecified atom stereocenters. The summed E-state index contributed by atoms with van der Waals surface area (Å²) in [6.07, 6.45) is 0. The van der Waals surface area contributed by atoms with Crippen molar-refractivity contribution in [2.75, 3.05) is 5.32 Å². The molecule has 0 saturated carbocycles. The number of carboxylic acids is 1. The number of carboxylic acid groups (broad SMARTS) is 1. The second kappa shape index (κ2) is 4.66. The van der Waals surface area contributed by atoms with E-state index in [-0.39, 0.29) is 17.1 Å². The van der Waals surface area contributed by atoms with E-state index in [1.165, 1.54) is 0 Å². The van der Waals surface area contributed by atoms with Crippen molar-refractivity contribution < 1.29 is 14.7 Å². The van der Waals surface area contributed by atoms with Crippen LogP contribution in [0.3, 0.4) is 0 Å². The molecule has 0 aliphatic carbocycles. The lowest BCUT2D eigenvalue weighted by molar-refractivity contribution is -0.130. The Morgan fingerprint density at radius 1 is 0.950 bits per heavy atom. The van der Waals surface area contributed by atoms with Crippen LogP contribution >= 0.6 is 0 Å². The second-order valence-corrected chi connectivity index (χ2v) is 4.42. The Morgan fingerprint density at radius 2 is 1.60 bits per heavy atom. The van der Waals surface area contributed by atoms with Crippen LogP contribution in [0.5, 0.6) is 0 Å². The van der Waals surface area contributed by atoms with Crippen LogP contribution in [0.2, 0.25) is 0 Å². The first-order chi connectivity index (χ1) is 9.68. The fourth-order valence-electron chi connectivity index (χ4n) is 2.35. The van der Waals surface area contributed by atoms with Crippen LogP contribution in [-0.4, -0.2) is 17.0 Å². The van der Waals surface area contributed by atoms with Crippen LogP contribution in [0.4, 0.5) is 5.69 Å². The molecule has 98 valence electrons. The number of fused-ring (bicyclic) bond motifs is 1. The van der Waals surface area contributed by atoms with Crippen molar-refractivity contribution in [3.8, 4) is 0 Å². The summed E-state index contributed by atoms with van der Waals surface area (Å²) < 4.78 is 0. The van der Waals surface area contributed by atoms with E-state index in [9.17, 15) is 14.7 Å². The van der Waals surface area contributed by atoms with Gasteiger partial charge in [-0.25, -0.2) is 4.79 Å². The van der Waals surface area contributed by atoms with E-state index in [1.807, 2.05) is 0 Å². The maximum atomic E-state index is 12.1. The first-order valence-corrected chi connectivity index (χ1v) is 6.12.